The molecule has 1 N–H and O–H groups in total. The Balaban J connectivity index is 2.02. The smallest absolute Gasteiger partial charge is 0.262 e. The van der Waals surface area contributed by atoms with Crippen LogP contribution in [0, 0.1) is 5.82 Å². The predicted molar refractivity (Wildman–Crippen MR) is 83.9 cm³/mol. The highest BCUT2D eigenvalue weighted by Gasteiger charge is 2.11. The van der Waals surface area contributed by atoms with E-state index in [1.807, 2.05) is 0 Å². The van der Waals surface area contributed by atoms with Crippen molar-refractivity contribution in [2.45, 2.75) is 0 Å². The van der Waals surface area contributed by atoms with E-state index in [1.54, 1.807) is 0 Å². The highest BCUT2D eigenvalue weighted by molar-refractivity contribution is 6.30. The number of methoxy groups -OCH3 is 1. The number of rotatable bonds is 6. The average molecular weight is 338 g/mol. The van der Waals surface area contributed by atoms with Gasteiger partial charge in [0.25, 0.3) is 5.91 Å². The van der Waals surface area contributed by atoms with Crippen molar-refractivity contribution in [3.8, 4) is 11.5 Å². The van der Waals surface area contributed by atoms with Crippen molar-refractivity contribution in [2.24, 2.45) is 0 Å². The Kier molecular flexibility index (Phi) is 5.54. The molecule has 0 heterocycles. The quantitative estimate of drug-likeness (QED) is 0.821. The number of amides is 1. The van der Waals surface area contributed by atoms with Gasteiger partial charge in [-0.2, -0.15) is 0 Å². The summed E-state index contributed by atoms with van der Waals surface area (Å²) in [6, 6.07) is 8.35. The van der Waals surface area contributed by atoms with Crippen LogP contribution in [0.15, 0.2) is 36.4 Å². The topological polar surface area (TPSA) is 64.6 Å². The van der Waals surface area contributed by atoms with Gasteiger partial charge in [0.2, 0.25) is 0 Å². The minimum Gasteiger partial charge on any atom is -0.493 e. The number of hydrogen-bond donors (Lipinski definition) is 1. The number of aldehydes is 1. The van der Waals surface area contributed by atoms with Crippen molar-refractivity contribution in [3.05, 3.63) is 52.8 Å². The van der Waals surface area contributed by atoms with Gasteiger partial charge < -0.3 is 14.8 Å². The van der Waals surface area contributed by atoms with Gasteiger partial charge in [0.05, 0.1) is 12.8 Å². The van der Waals surface area contributed by atoms with E-state index in [0.717, 1.165) is 6.07 Å². The summed E-state index contributed by atoms with van der Waals surface area (Å²) in [6.07, 6.45) is 0.668. The summed E-state index contributed by atoms with van der Waals surface area (Å²) >= 11 is 5.75. The van der Waals surface area contributed by atoms with E-state index in [1.165, 1.54) is 37.4 Å². The van der Waals surface area contributed by atoms with Crippen LogP contribution in [0.3, 0.4) is 0 Å². The minimum absolute atomic E-state index is 0.0330. The average Bonchev–Trinajstić information content (AvgIpc) is 2.56. The second kappa shape index (κ2) is 7.60. The summed E-state index contributed by atoms with van der Waals surface area (Å²) < 4.78 is 23.9. The van der Waals surface area contributed by atoms with Crippen molar-refractivity contribution in [1.82, 2.24) is 0 Å². The lowest BCUT2D eigenvalue weighted by Crippen LogP contribution is -2.21. The van der Waals surface area contributed by atoms with Gasteiger partial charge in [-0.25, -0.2) is 4.39 Å². The van der Waals surface area contributed by atoms with Crippen LogP contribution >= 0.6 is 11.6 Å². The third-order valence-corrected chi connectivity index (χ3v) is 3.12. The number of ether oxygens (including phenoxy) is 2. The first kappa shape index (κ1) is 16.8. The van der Waals surface area contributed by atoms with Gasteiger partial charge in [-0.15, -0.1) is 0 Å². The summed E-state index contributed by atoms with van der Waals surface area (Å²) in [7, 11) is 1.41. The molecule has 0 fully saturated rings. The van der Waals surface area contributed by atoms with Crippen LogP contribution in [0.2, 0.25) is 5.02 Å². The highest BCUT2D eigenvalue weighted by Crippen LogP contribution is 2.27. The van der Waals surface area contributed by atoms with Gasteiger partial charge >= 0.3 is 0 Å². The molecule has 0 aliphatic rings. The first-order valence-electron chi connectivity index (χ1n) is 6.54. The van der Waals surface area contributed by atoms with Crippen molar-refractivity contribution in [2.75, 3.05) is 19.0 Å². The van der Waals surface area contributed by atoms with E-state index < -0.39 is 11.7 Å². The normalized spacial score (nSPS) is 10.0. The lowest BCUT2D eigenvalue weighted by atomic mass is 10.2. The highest BCUT2D eigenvalue weighted by atomic mass is 35.5. The van der Waals surface area contributed by atoms with Crippen LogP contribution in [0.25, 0.3) is 0 Å². The number of nitrogens with one attached hydrogen (secondary N) is 1. The molecule has 1 amide bonds. The lowest BCUT2D eigenvalue weighted by molar-refractivity contribution is -0.118. The molecule has 0 saturated carbocycles. The van der Waals surface area contributed by atoms with Crippen LogP contribution in [-0.2, 0) is 4.79 Å². The van der Waals surface area contributed by atoms with Crippen LogP contribution in [-0.4, -0.2) is 25.9 Å². The Morgan fingerprint density at radius 2 is 2.04 bits per heavy atom. The Bertz CT molecular complexity index is 736. The molecule has 2 aromatic carbocycles. The summed E-state index contributed by atoms with van der Waals surface area (Å²) in [6.45, 7) is -0.358. The van der Waals surface area contributed by atoms with E-state index in [9.17, 15) is 14.0 Å². The van der Waals surface area contributed by atoms with Gasteiger partial charge in [-0.05, 0) is 36.4 Å². The Labute approximate surface area is 137 Å². The van der Waals surface area contributed by atoms with Gasteiger partial charge in [0.15, 0.2) is 18.1 Å². The Morgan fingerprint density at radius 1 is 1.26 bits per heavy atom. The van der Waals surface area contributed by atoms with E-state index in [2.05, 4.69) is 5.32 Å². The van der Waals surface area contributed by atoms with E-state index in [4.69, 9.17) is 21.1 Å². The molecule has 5 nitrogen and oxygen atoms in total. The summed E-state index contributed by atoms with van der Waals surface area (Å²) in [5, 5.41) is 2.66. The fourth-order valence-corrected chi connectivity index (χ4v) is 1.97. The molecule has 2 aromatic rings. The zero-order valence-corrected chi connectivity index (χ0v) is 12.9. The van der Waals surface area contributed by atoms with E-state index in [-0.39, 0.29) is 12.3 Å². The first-order valence-corrected chi connectivity index (χ1v) is 6.92. The second-order valence-corrected chi connectivity index (χ2v) is 4.93. The SMILES string of the molecule is COc1cc(C=O)ccc1OCC(=O)Nc1cc(Cl)ccc1F. The Hall–Kier alpha value is -2.60. The molecule has 0 saturated heterocycles. The number of halogens is 2. The summed E-state index contributed by atoms with van der Waals surface area (Å²) in [5.41, 5.74) is 0.383. The van der Waals surface area contributed by atoms with E-state index >= 15 is 0 Å². The fraction of sp³-hybridized carbons (Fsp3) is 0.125. The standard InChI is InChI=1S/C16H13ClFNO4/c1-22-15-6-10(8-20)2-5-14(15)23-9-16(21)19-13-7-11(17)3-4-12(13)18/h2-8H,9H2,1H3,(H,19,21). The molecule has 7 heteroatoms. The number of carbonyl (C=O) groups excluding carboxylic acids is 2. The van der Waals surface area contributed by atoms with Gasteiger partial charge in [0.1, 0.15) is 12.1 Å². The third kappa shape index (κ3) is 4.43. The number of carbonyl (C=O) groups is 2. The minimum atomic E-state index is -0.601. The number of hydrogen-bond acceptors (Lipinski definition) is 4. The van der Waals surface area contributed by atoms with Gasteiger partial charge in [-0.3, -0.25) is 9.59 Å². The monoisotopic (exact) mass is 337 g/mol. The molecule has 0 atom stereocenters. The van der Waals surface area contributed by atoms with Crippen LogP contribution in [0.5, 0.6) is 11.5 Å². The first-order chi connectivity index (χ1) is 11.0. The van der Waals surface area contributed by atoms with Gasteiger partial charge in [-0.1, -0.05) is 11.6 Å². The molecule has 0 aliphatic carbocycles. The lowest BCUT2D eigenvalue weighted by Gasteiger charge is -2.11. The Morgan fingerprint density at radius 3 is 2.74 bits per heavy atom. The number of anilines is 1. The van der Waals surface area contributed by atoms with Crippen LogP contribution < -0.4 is 14.8 Å². The molecule has 0 radical (unpaired) electrons. The largest absolute Gasteiger partial charge is 0.493 e. The molecule has 0 spiro atoms. The molecule has 0 unspecified atom stereocenters. The molecular weight excluding hydrogens is 325 g/mol. The molecule has 0 aliphatic heterocycles. The van der Waals surface area contributed by atoms with Crippen LogP contribution in [0.1, 0.15) is 10.4 Å². The van der Waals surface area contributed by atoms with Crippen LogP contribution in [0.4, 0.5) is 10.1 Å². The second-order valence-electron chi connectivity index (χ2n) is 4.49. The van der Waals surface area contributed by atoms with Crippen molar-refractivity contribution in [3.63, 3.8) is 0 Å². The molecule has 0 aromatic heterocycles. The van der Waals surface area contributed by atoms with Crippen molar-refractivity contribution in [1.29, 1.82) is 0 Å². The molecule has 2 rings (SSSR count). The molecular formula is C16H13ClFNO4. The maximum absolute atomic E-state index is 13.5. The zero-order chi connectivity index (χ0) is 16.8. The summed E-state index contributed by atoms with van der Waals surface area (Å²) in [4.78, 5) is 22.5. The van der Waals surface area contributed by atoms with Crippen molar-refractivity contribution < 1.29 is 23.5 Å². The van der Waals surface area contributed by atoms with E-state index in [0.29, 0.717) is 28.4 Å². The number of benzene rings is 2. The summed E-state index contributed by atoms with van der Waals surface area (Å²) in [5.74, 6) is -0.556. The fourth-order valence-electron chi connectivity index (χ4n) is 1.80. The van der Waals surface area contributed by atoms with Gasteiger partial charge in [0, 0.05) is 10.6 Å². The third-order valence-electron chi connectivity index (χ3n) is 2.89. The molecule has 23 heavy (non-hydrogen) atoms. The van der Waals surface area contributed by atoms with Crippen molar-refractivity contribution >= 4 is 29.5 Å². The molecule has 0 bridgehead atoms. The maximum Gasteiger partial charge on any atom is 0.262 e. The maximum atomic E-state index is 13.5. The predicted octanol–water partition coefficient (Wildman–Crippen LogP) is 3.32. The zero-order valence-electron chi connectivity index (χ0n) is 12.1. The molecule has 120 valence electrons.